The lowest BCUT2D eigenvalue weighted by molar-refractivity contribution is 0.0463. The van der Waals surface area contributed by atoms with Crippen LogP contribution in [-0.2, 0) is 11.3 Å². The molecule has 0 bridgehead atoms. The van der Waals surface area contributed by atoms with Crippen LogP contribution >= 0.6 is 11.3 Å². The number of nitrogens with zero attached hydrogens (tertiary/aromatic N) is 2. The lowest BCUT2D eigenvalue weighted by Crippen LogP contribution is -2.13. The van der Waals surface area contributed by atoms with E-state index in [0.717, 1.165) is 26.7 Å². The number of carbonyl (C=O) groups is 1. The molecule has 0 spiro atoms. The molecule has 0 N–H and O–H groups in total. The number of carbonyl (C=O) groups excluding carboxylic acids is 1. The summed E-state index contributed by atoms with van der Waals surface area (Å²) in [6.07, 6.45) is 0. The number of ether oxygens (including phenoxy) is 1. The van der Waals surface area contributed by atoms with Gasteiger partial charge in [-0.15, -0.1) is 11.3 Å². The highest BCUT2D eigenvalue weighted by molar-refractivity contribution is 7.13. The largest absolute Gasteiger partial charge is 0.456 e. The molecule has 6 rings (SSSR count). The predicted molar refractivity (Wildman–Crippen MR) is 136 cm³/mol. The Balaban J connectivity index is 1.39. The van der Waals surface area contributed by atoms with Crippen molar-refractivity contribution in [2.75, 3.05) is 0 Å². The summed E-state index contributed by atoms with van der Waals surface area (Å²) in [5.74, 6) is -0.536. The fraction of sp³-hybridized carbons (Fsp3) is 0.0357. The highest BCUT2D eigenvalue weighted by Gasteiger charge is 2.20. The van der Waals surface area contributed by atoms with Gasteiger partial charge in [0, 0.05) is 23.1 Å². The van der Waals surface area contributed by atoms with Crippen molar-refractivity contribution >= 4 is 39.0 Å². The molecule has 170 valence electrons. The standard InChI is InChI=1S/C28H18N2O4S/c31-26-15-19(27-21-10-5-4-7-18(21)12-13-24(27)34-26)17-33-28(32)23-16-22(25-11-6-14-35-25)29-30(23)20-8-2-1-3-9-20/h1-16H,17H2. The van der Waals surface area contributed by atoms with Crippen LogP contribution in [0.3, 0.4) is 0 Å². The van der Waals surface area contributed by atoms with Crippen molar-refractivity contribution in [3.05, 3.63) is 118 Å². The van der Waals surface area contributed by atoms with E-state index in [1.165, 1.54) is 6.07 Å². The zero-order valence-electron chi connectivity index (χ0n) is 18.4. The smallest absolute Gasteiger partial charge is 0.357 e. The number of para-hydroxylation sites is 1. The predicted octanol–water partition coefficient (Wildman–Crippen LogP) is 6.22. The van der Waals surface area contributed by atoms with Gasteiger partial charge in [0.05, 0.1) is 10.6 Å². The maximum atomic E-state index is 13.3. The number of rotatable bonds is 5. The molecule has 7 heteroatoms. The fourth-order valence-electron chi connectivity index (χ4n) is 4.19. The van der Waals surface area contributed by atoms with Gasteiger partial charge in [0.25, 0.3) is 0 Å². The molecule has 0 radical (unpaired) electrons. The SMILES string of the molecule is O=C(OCc1cc(=O)oc2ccc3ccccc3c12)c1cc(-c2cccs2)nn1-c1ccccc1. The third-order valence-electron chi connectivity index (χ3n) is 5.77. The van der Waals surface area contributed by atoms with Gasteiger partial charge in [-0.2, -0.15) is 5.10 Å². The summed E-state index contributed by atoms with van der Waals surface area (Å²) in [6.45, 7) is -0.0801. The second-order valence-electron chi connectivity index (χ2n) is 7.97. The third-order valence-corrected chi connectivity index (χ3v) is 6.66. The van der Waals surface area contributed by atoms with Crippen molar-refractivity contribution in [2.45, 2.75) is 6.61 Å². The minimum Gasteiger partial charge on any atom is -0.456 e. The molecule has 35 heavy (non-hydrogen) atoms. The average molecular weight is 479 g/mol. The van der Waals surface area contributed by atoms with Gasteiger partial charge in [-0.3, -0.25) is 0 Å². The van der Waals surface area contributed by atoms with Crippen molar-refractivity contribution in [1.82, 2.24) is 9.78 Å². The summed E-state index contributed by atoms with van der Waals surface area (Å²) in [6, 6.07) is 27.9. The summed E-state index contributed by atoms with van der Waals surface area (Å²) < 4.78 is 12.7. The Kier molecular flexibility index (Phi) is 5.24. The highest BCUT2D eigenvalue weighted by atomic mass is 32.1. The first-order valence-electron chi connectivity index (χ1n) is 11.0. The van der Waals surface area contributed by atoms with Gasteiger partial charge in [-0.05, 0) is 40.4 Å². The van der Waals surface area contributed by atoms with Crippen LogP contribution in [0.4, 0.5) is 0 Å². The van der Waals surface area contributed by atoms with Crippen LogP contribution in [-0.4, -0.2) is 15.7 Å². The lowest BCUT2D eigenvalue weighted by atomic mass is 10.0. The number of benzene rings is 3. The van der Waals surface area contributed by atoms with Gasteiger partial charge >= 0.3 is 11.6 Å². The van der Waals surface area contributed by atoms with E-state index < -0.39 is 11.6 Å². The Bertz CT molecular complexity index is 1730. The molecule has 3 heterocycles. The monoisotopic (exact) mass is 478 g/mol. The van der Waals surface area contributed by atoms with Crippen LogP contribution in [0.1, 0.15) is 16.1 Å². The molecule has 0 aliphatic rings. The van der Waals surface area contributed by atoms with E-state index in [2.05, 4.69) is 5.10 Å². The van der Waals surface area contributed by atoms with Crippen molar-refractivity contribution in [3.63, 3.8) is 0 Å². The highest BCUT2D eigenvalue weighted by Crippen LogP contribution is 2.29. The first-order chi connectivity index (χ1) is 17.2. The van der Waals surface area contributed by atoms with Gasteiger partial charge < -0.3 is 9.15 Å². The number of thiophene rings is 1. The fourth-order valence-corrected chi connectivity index (χ4v) is 4.87. The van der Waals surface area contributed by atoms with Gasteiger partial charge in [-0.25, -0.2) is 14.3 Å². The second-order valence-corrected chi connectivity index (χ2v) is 8.91. The lowest BCUT2D eigenvalue weighted by Gasteiger charge is -2.10. The summed E-state index contributed by atoms with van der Waals surface area (Å²) in [5.41, 5.74) is 2.29. The molecule has 0 aliphatic heterocycles. The molecular weight excluding hydrogens is 460 g/mol. The molecule has 0 fully saturated rings. The normalized spacial score (nSPS) is 11.2. The van der Waals surface area contributed by atoms with Crippen LogP contribution in [0.25, 0.3) is 38.0 Å². The van der Waals surface area contributed by atoms with Crippen molar-refractivity contribution < 1.29 is 13.9 Å². The van der Waals surface area contributed by atoms with Crippen LogP contribution in [0.2, 0.25) is 0 Å². The molecule has 0 atom stereocenters. The van der Waals surface area contributed by atoms with Crippen molar-refractivity contribution in [1.29, 1.82) is 0 Å². The van der Waals surface area contributed by atoms with Crippen LogP contribution in [0.15, 0.2) is 106 Å². The summed E-state index contributed by atoms with van der Waals surface area (Å²) in [5, 5.41) is 9.31. The van der Waals surface area contributed by atoms with Crippen molar-refractivity contribution in [3.8, 4) is 16.3 Å². The van der Waals surface area contributed by atoms with E-state index in [4.69, 9.17) is 9.15 Å². The van der Waals surface area contributed by atoms with Crippen LogP contribution in [0, 0.1) is 0 Å². The average Bonchev–Trinajstić information content (AvgIpc) is 3.58. The Hall–Kier alpha value is -4.49. The second kappa shape index (κ2) is 8.70. The molecule has 3 aromatic heterocycles. The molecule has 6 nitrogen and oxygen atoms in total. The number of esters is 1. The van der Waals surface area contributed by atoms with E-state index in [1.54, 1.807) is 28.2 Å². The summed E-state index contributed by atoms with van der Waals surface area (Å²) >= 11 is 1.55. The first kappa shape index (κ1) is 21.1. The topological polar surface area (TPSA) is 74.3 Å². The molecule has 0 amide bonds. The Morgan fingerprint density at radius 3 is 2.60 bits per heavy atom. The molecule has 0 unspecified atom stereocenters. The van der Waals surface area contributed by atoms with E-state index in [-0.39, 0.29) is 6.61 Å². The molecule has 6 aromatic rings. The van der Waals surface area contributed by atoms with Gasteiger partial charge in [0.2, 0.25) is 0 Å². The molecule has 3 aromatic carbocycles. The number of fused-ring (bicyclic) bond motifs is 3. The van der Waals surface area contributed by atoms with Gasteiger partial charge in [-0.1, -0.05) is 54.6 Å². The number of hydrogen-bond donors (Lipinski definition) is 0. The maximum absolute atomic E-state index is 13.3. The van der Waals surface area contributed by atoms with Gasteiger partial charge in [0.1, 0.15) is 17.9 Å². The van der Waals surface area contributed by atoms with E-state index in [9.17, 15) is 9.59 Å². The third kappa shape index (κ3) is 3.92. The maximum Gasteiger partial charge on any atom is 0.357 e. The van der Waals surface area contributed by atoms with Crippen LogP contribution < -0.4 is 5.63 Å². The van der Waals surface area contributed by atoms with Crippen LogP contribution in [0.5, 0.6) is 0 Å². The van der Waals surface area contributed by atoms with Gasteiger partial charge in [0.15, 0.2) is 5.69 Å². The number of hydrogen-bond acceptors (Lipinski definition) is 6. The Morgan fingerprint density at radius 2 is 1.77 bits per heavy atom. The zero-order chi connectivity index (χ0) is 23.8. The summed E-state index contributed by atoms with van der Waals surface area (Å²) in [4.78, 5) is 26.5. The van der Waals surface area contributed by atoms with E-state index in [0.29, 0.717) is 22.5 Å². The zero-order valence-corrected chi connectivity index (χ0v) is 19.2. The Labute approximate surface area is 203 Å². The quantitative estimate of drug-likeness (QED) is 0.167. The molecule has 0 aliphatic carbocycles. The molecule has 0 saturated carbocycles. The Morgan fingerprint density at radius 1 is 0.943 bits per heavy atom. The number of aromatic nitrogens is 2. The summed E-state index contributed by atoms with van der Waals surface area (Å²) in [7, 11) is 0. The van der Waals surface area contributed by atoms with Crippen molar-refractivity contribution in [2.24, 2.45) is 0 Å². The molecular formula is C28H18N2O4S. The minimum atomic E-state index is -0.536. The molecule has 0 saturated heterocycles. The minimum absolute atomic E-state index is 0.0801. The van der Waals surface area contributed by atoms with E-state index in [1.807, 2.05) is 78.2 Å². The first-order valence-corrected chi connectivity index (χ1v) is 11.9. The van der Waals surface area contributed by atoms with E-state index >= 15 is 0 Å².